The van der Waals surface area contributed by atoms with Gasteiger partial charge in [0.2, 0.25) is 11.7 Å². The fraction of sp³-hybridized carbons (Fsp3) is 0.250. The second kappa shape index (κ2) is 6.00. The molecule has 2 aromatic rings. The van der Waals surface area contributed by atoms with Gasteiger partial charge in [0.25, 0.3) is 0 Å². The van der Waals surface area contributed by atoms with Crippen LogP contribution in [0.4, 0.5) is 4.39 Å². The van der Waals surface area contributed by atoms with Gasteiger partial charge in [-0.3, -0.25) is 9.59 Å². The van der Waals surface area contributed by atoms with Gasteiger partial charge in [-0.25, -0.2) is 9.97 Å². The van der Waals surface area contributed by atoms with Crippen LogP contribution in [-0.4, -0.2) is 26.6 Å². The summed E-state index contributed by atoms with van der Waals surface area (Å²) >= 11 is 1.19. The summed E-state index contributed by atoms with van der Waals surface area (Å²) in [6.45, 7) is 1.47. The number of allylic oxidation sites excluding steroid dienone is 1. The average Bonchev–Trinajstić information content (AvgIpc) is 2.90. The van der Waals surface area contributed by atoms with Gasteiger partial charge in [-0.2, -0.15) is 4.39 Å². The number of carbonyl (C=O) groups excluding carboxylic acids is 2. The second-order valence-electron chi connectivity index (χ2n) is 5.29. The molecule has 0 bridgehead atoms. The number of fused-ring (bicyclic) bond motifs is 1. The summed E-state index contributed by atoms with van der Waals surface area (Å²) in [5, 5.41) is 10.9. The largest absolute Gasteiger partial charge is 0.507 e. The van der Waals surface area contributed by atoms with Crippen molar-refractivity contribution in [3.63, 3.8) is 0 Å². The second-order valence-corrected chi connectivity index (χ2v) is 6.37. The maximum absolute atomic E-state index is 12.9. The minimum atomic E-state index is -0.653. The predicted octanol–water partition coefficient (Wildman–Crippen LogP) is 2.91. The Labute approximate surface area is 135 Å². The van der Waals surface area contributed by atoms with E-state index in [9.17, 15) is 19.1 Å². The summed E-state index contributed by atoms with van der Waals surface area (Å²) in [5.74, 6) is -1.14. The standard InChI is InChI=1S/C16H13FN2O3S/c1-8(20)6-13-19-11-4-3-10(15(22)16(11)23-13)14(21)9-2-5-12(17)18-7-9/h2,5,7,21H,3-4,6H2,1H3/b14-10-. The summed E-state index contributed by atoms with van der Waals surface area (Å²) in [6.07, 6.45) is 2.26. The van der Waals surface area contributed by atoms with Crippen molar-refractivity contribution in [2.24, 2.45) is 0 Å². The fourth-order valence-corrected chi connectivity index (χ4v) is 3.59. The number of aliphatic hydroxyl groups excluding tert-OH is 1. The van der Waals surface area contributed by atoms with Crippen molar-refractivity contribution >= 4 is 28.7 Å². The zero-order valence-electron chi connectivity index (χ0n) is 12.3. The van der Waals surface area contributed by atoms with Crippen LogP contribution in [0.15, 0.2) is 23.9 Å². The van der Waals surface area contributed by atoms with Crippen LogP contribution in [0.3, 0.4) is 0 Å². The van der Waals surface area contributed by atoms with Gasteiger partial charge in [-0.05, 0) is 31.9 Å². The van der Waals surface area contributed by atoms with Crippen LogP contribution in [0, 0.1) is 5.95 Å². The molecule has 0 unspecified atom stereocenters. The van der Waals surface area contributed by atoms with Gasteiger partial charge in [0.05, 0.1) is 17.0 Å². The van der Waals surface area contributed by atoms with Crippen LogP contribution in [0.2, 0.25) is 0 Å². The number of carbonyl (C=O) groups is 2. The quantitative estimate of drug-likeness (QED) is 0.531. The van der Waals surface area contributed by atoms with Crippen molar-refractivity contribution in [3.8, 4) is 0 Å². The summed E-state index contributed by atoms with van der Waals surface area (Å²) < 4.78 is 12.9. The van der Waals surface area contributed by atoms with Crippen LogP contribution in [-0.2, 0) is 17.6 Å². The number of nitrogens with zero attached hydrogens (tertiary/aromatic N) is 2. The molecule has 1 aliphatic rings. The summed E-state index contributed by atoms with van der Waals surface area (Å²) in [5.41, 5.74) is 1.24. The molecule has 1 aliphatic carbocycles. The normalized spacial score (nSPS) is 16.2. The van der Waals surface area contributed by atoms with Crippen LogP contribution in [0.25, 0.3) is 5.76 Å². The van der Waals surface area contributed by atoms with E-state index < -0.39 is 5.95 Å². The highest BCUT2D eigenvalue weighted by Crippen LogP contribution is 2.33. The third-order valence-corrected chi connectivity index (χ3v) is 4.62. The first-order chi connectivity index (χ1) is 11.0. The number of aryl methyl sites for hydroxylation is 1. The molecule has 0 amide bonds. The maximum Gasteiger partial charge on any atom is 0.212 e. The van der Waals surface area contributed by atoms with Gasteiger partial charge in [0, 0.05) is 17.3 Å². The number of aliphatic hydroxyl groups is 1. The van der Waals surface area contributed by atoms with E-state index in [0.717, 1.165) is 6.07 Å². The molecule has 0 atom stereocenters. The third kappa shape index (κ3) is 3.05. The number of aromatic nitrogens is 2. The summed E-state index contributed by atoms with van der Waals surface area (Å²) in [7, 11) is 0. The molecule has 118 valence electrons. The summed E-state index contributed by atoms with van der Waals surface area (Å²) in [4.78, 5) is 32.0. The molecular formula is C16H13FN2O3S. The molecule has 0 fully saturated rings. The van der Waals surface area contributed by atoms with E-state index in [2.05, 4.69) is 9.97 Å². The summed E-state index contributed by atoms with van der Waals surface area (Å²) in [6, 6.07) is 2.50. The predicted molar refractivity (Wildman–Crippen MR) is 82.9 cm³/mol. The maximum atomic E-state index is 12.9. The molecule has 0 radical (unpaired) electrons. The first-order valence-electron chi connectivity index (χ1n) is 7.02. The van der Waals surface area contributed by atoms with E-state index >= 15 is 0 Å². The van der Waals surface area contributed by atoms with Crippen molar-refractivity contribution in [2.45, 2.75) is 26.2 Å². The highest BCUT2D eigenvalue weighted by Gasteiger charge is 2.29. The molecule has 0 saturated heterocycles. The van der Waals surface area contributed by atoms with Crippen molar-refractivity contribution < 1.29 is 19.1 Å². The number of pyridine rings is 1. The number of thiazole rings is 1. The molecule has 23 heavy (non-hydrogen) atoms. The van der Waals surface area contributed by atoms with E-state index in [4.69, 9.17) is 0 Å². The van der Waals surface area contributed by atoms with Gasteiger partial charge in [0.15, 0.2) is 0 Å². The van der Waals surface area contributed by atoms with Crippen molar-refractivity contribution in [2.75, 3.05) is 0 Å². The zero-order valence-corrected chi connectivity index (χ0v) is 13.1. The van der Waals surface area contributed by atoms with Crippen LogP contribution in [0.1, 0.15) is 39.3 Å². The lowest BCUT2D eigenvalue weighted by molar-refractivity contribution is -0.116. The number of halogens is 1. The van der Waals surface area contributed by atoms with E-state index in [1.165, 1.54) is 30.5 Å². The number of ketones is 2. The van der Waals surface area contributed by atoms with Crippen molar-refractivity contribution in [1.82, 2.24) is 9.97 Å². The molecule has 1 N–H and O–H groups in total. The van der Waals surface area contributed by atoms with Gasteiger partial charge >= 0.3 is 0 Å². The smallest absolute Gasteiger partial charge is 0.212 e. The first-order valence-corrected chi connectivity index (χ1v) is 7.84. The SMILES string of the molecule is CC(=O)Cc1nc2c(s1)C(=O)/C(=C(\O)c1ccc(F)nc1)CC2. The van der Waals surface area contributed by atoms with Gasteiger partial charge in [-0.15, -0.1) is 11.3 Å². The molecule has 0 aromatic carbocycles. The number of hydrogen-bond donors (Lipinski definition) is 1. The molecule has 0 saturated carbocycles. The average molecular weight is 332 g/mol. The molecular weight excluding hydrogens is 319 g/mol. The molecule has 5 nitrogen and oxygen atoms in total. The Kier molecular flexibility index (Phi) is 4.04. The highest BCUT2D eigenvalue weighted by molar-refractivity contribution is 7.14. The molecule has 0 aliphatic heterocycles. The lowest BCUT2D eigenvalue weighted by Gasteiger charge is -2.14. The number of rotatable bonds is 3. The van der Waals surface area contributed by atoms with Crippen molar-refractivity contribution in [3.05, 3.63) is 51.0 Å². The molecule has 3 rings (SSSR count). The fourth-order valence-electron chi connectivity index (χ4n) is 2.45. The Hall–Kier alpha value is -2.41. The number of hydrogen-bond acceptors (Lipinski definition) is 6. The van der Waals surface area contributed by atoms with E-state index in [1.807, 2.05) is 0 Å². The molecule has 0 spiro atoms. The Bertz CT molecular complexity index is 824. The lowest BCUT2D eigenvalue weighted by atomic mass is 9.93. The minimum absolute atomic E-state index is 0.0143. The Morgan fingerprint density at radius 1 is 1.39 bits per heavy atom. The van der Waals surface area contributed by atoms with E-state index in [-0.39, 0.29) is 29.3 Å². The van der Waals surface area contributed by atoms with E-state index in [0.29, 0.717) is 34.0 Å². The highest BCUT2D eigenvalue weighted by atomic mass is 32.1. The van der Waals surface area contributed by atoms with Gasteiger partial charge < -0.3 is 5.11 Å². The topological polar surface area (TPSA) is 80.2 Å². The molecule has 7 heteroatoms. The Morgan fingerprint density at radius 3 is 2.83 bits per heavy atom. The molecule has 2 heterocycles. The minimum Gasteiger partial charge on any atom is -0.507 e. The van der Waals surface area contributed by atoms with E-state index in [1.54, 1.807) is 0 Å². The monoisotopic (exact) mass is 332 g/mol. The van der Waals surface area contributed by atoms with Crippen LogP contribution < -0.4 is 0 Å². The van der Waals surface area contributed by atoms with Crippen molar-refractivity contribution in [1.29, 1.82) is 0 Å². The lowest BCUT2D eigenvalue weighted by Crippen LogP contribution is -2.14. The van der Waals surface area contributed by atoms with Crippen LogP contribution >= 0.6 is 11.3 Å². The van der Waals surface area contributed by atoms with Crippen LogP contribution in [0.5, 0.6) is 0 Å². The Morgan fingerprint density at radius 2 is 2.17 bits per heavy atom. The Balaban J connectivity index is 1.96. The molecule has 2 aromatic heterocycles. The van der Waals surface area contributed by atoms with Gasteiger partial charge in [0.1, 0.15) is 16.6 Å². The zero-order chi connectivity index (χ0) is 16.6. The number of Topliss-reactive ketones (excluding diaryl/α,β-unsaturated/α-hetero) is 2. The first kappa shape index (κ1) is 15.5. The van der Waals surface area contributed by atoms with Gasteiger partial charge in [-0.1, -0.05) is 0 Å². The third-order valence-electron chi connectivity index (χ3n) is 3.52.